The number of para-hydroxylation sites is 2. The predicted molar refractivity (Wildman–Crippen MR) is 143 cm³/mol. The van der Waals surface area contributed by atoms with Crippen LogP contribution >= 0.6 is 0 Å². The number of ether oxygens (including phenoxy) is 2. The number of aromatic nitrogens is 2. The molecule has 5 rings (SSSR count). The first-order chi connectivity index (χ1) is 18.2. The highest BCUT2D eigenvalue weighted by Gasteiger charge is 2.59. The van der Waals surface area contributed by atoms with E-state index in [4.69, 9.17) is 9.47 Å². The van der Waals surface area contributed by atoms with E-state index < -0.39 is 41.6 Å². The SMILES string of the molecule is Cc1ccccc1[C@H]1[C@@H](OCc2nc3ccccc3[nH]2)[C@H](C(C)(C)C)[C@@H](C(=O)O)N1C(=O)[C@@H]1CCCCO1. The summed E-state index contributed by atoms with van der Waals surface area (Å²) in [5.74, 6) is -1.10. The van der Waals surface area contributed by atoms with Crippen molar-refractivity contribution in [3.63, 3.8) is 0 Å². The molecule has 38 heavy (non-hydrogen) atoms. The summed E-state index contributed by atoms with van der Waals surface area (Å²) in [6, 6.07) is 14.0. The minimum absolute atomic E-state index is 0.169. The summed E-state index contributed by atoms with van der Waals surface area (Å²) in [6.07, 6.45) is 1.16. The van der Waals surface area contributed by atoms with Gasteiger partial charge in [0.05, 0.1) is 23.2 Å². The van der Waals surface area contributed by atoms with Gasteiger partial charge in [0.25, 0.3) is 5.91 Å². The van der Waals surface area contributed by atoms with Crippen LogP contribution in [0.3, 0.4) is 0 Å². The largest absolute Gasteiger partial charge is 0.480 e. The fourth-order valence-corrected chi connectivity index (χ4v) is 6.18. The van der Waals surface area contributed by atoms with Gasteiger partial charge in [-0.2, -0.15) is 0 Å². The highest BCUT2D eigenvalue weighted by atomic mass is 16.5. The number of aromatic amines is 1. The lowest BCUT2D eigenvalue weighted by Crippen LogP contribution is -2.51. The van der Waals surface area contributed by atoms with E-state index in [-0.39, 0.29) is 12.5 Å². The number of fused-ring (bicyclic) bond motifs is 1. The summed E-state index contributed by atoms with van der Waals surface area (Å²) in [7, 11) is 0. The maximum atomic E-state index is 14.1. The molecule has 2 aliphatic heterocycles. The van der Waals surface area contributed by atoms with Crippen molar-refractivity contribution in [3.8, 4) is 0 Å². The fourth-order valence-electron chi connectivity index (χ4n) is 6.18. The summed E-state index contributed by atoms with van der Waals surface area (Å²) in [5.41, 5.74) is 3.16. The lowest BCUT2D eigenvalue weighted by Gasteiger charge is -2.35. The number of nitrogens with one attached hydrogen (secondary N) is 1. The smallest absolute Gasteiger partial charge is 0.326 e. The van der Waals surface area contributed by atoms with Crippen LogP contribution in [0.15, 0.2) is 48.5 Å². The van der Waals surface area contributed by atoms with E-state index in [0.29, 0.717) is 18.9 Å². The molecule has 8 heteroatoms. The third-order valence-electron chi connectivity index (χ3n) is 7.93. The van der Waals surface area contributed by atoms with Crippen LogP contribution in [0.5, 0.6) is 0 Å². The van der Waals surface area contributed by atoms with Crippen molar-refractivity contribution in [2.75, 3.05) is 6.61 Å². The number of imidazole rings is 1. The van der Waals surface area contributed by atoms with Crippen molar-refractivity contribution < 1.29 is 24.2 Å². The second-order valence-electron chi connectivity index (χ2n) is 11.6. The molecule has 8 nitrogen and oxygen atoms in total. The van der Waals surface area contributed by atoms with Crippen LogP contribution in [-0.4, -0.2) is 56.7 Å². The number of benzene rings is 2. The van der Waals surface area contributed by atoms with Crippen LogP contribution < -0.4 is 0 Å². The van der Waals surface area contributed by atoms with Crippen molar-refractivity contribution in [1.29, 1.82) is 0 Å². The van der Waals surface area contributed by atoms with E-state index in [2.05, 4.69) is 9.97 Å². The number of carbonyl (C=O) groups excluding carboxylic acids is 1. The fraction of sp³-hybridized carbons (Fsp3) is 0.500. The number of amides is 1. The lowest BCUT2D eigenvalue weighted by atomic mass is 9.73. The average Bonchev–Trinajstić information content (AvgIpc) is 3.47. The zero-order valence-electron chi connectivity index (χ0n) is 22.5. The van der Waals surface area contributed by atoms with Gasteiger partial charge in [-0.1, -0.05) is 57.2 Å². The van der Waals surface area contributed by atoms with E-state index in [9.17, 15) is 14.7 Å². The molecular formula is C30H37N3O5. The van der Waals surface area contributed by atoms with Gasteiger partial charge in [-0.05, 0) is 54.9 Å². The van der Waals surface area contributed by atoms with Gasteiger partial charge in [0.1, 0.15) is 24.6 Å². The van der Waals surface area contributed by atoms with Crippen molar-refractivity contribution in [1.82, 2.24) is 14.9 Å². The second kappa shape index (κ2) is 10.5. The maximum absolute atomic E-state index is 14.1. The molecule has 2 aromatic carbocycles. The Balaban J connectivity index is 1.59. The number of H-pyrrole nitrogens is 1. The van der Waals surface area contributed by atoms with Crippen LogP contribution in [-0.2, 0) is 25.7 Å². The second-order valence-corrected chi connectivity index (χ2v) is 11.6. The molecule has 0 aliphatic carbocycles. The first-order valence-electron chi connectivity index (χ1n) is 13.4. The number of likely N-dealkylation sites (tertiary alicyclic amines) is 1. The highest BCUT2D eigenvalue weighted by Crippen LogP contribution is 2.50. The molecule has 5 atom stereocenters. The third-order valence-corrected chi connectivity index (χ3v) is 7.93. The molecule has 2 N–H and O–H groups in total. The molecule has 3 aromatic rings. The van der Waals surface area contributed by atoms with Crippen LogP contribution in [0.1, 0.15) is 63.0 Å². The quantitative estimate of drug-likeness (QED) is 0.474. The summed E-state index contributed by atoms with van der Waals surface area (Å²) < 4.78 is 12.5. The average molecular weight is 520 g/mol. The Morgan fingerprint density at radius 3 is 2.53 bits per heavy atom. The van der Waals surface area contributed by atoms with Gasteiger partial charge in [-0.15, -0.1) is 0 Å². The Bertz CT molecular complexity index is 1270. The molecule has 2 aliphatic rings. The van der Waals surface area contributed by atoms with E-state index in [1.165, 1.54) is 0 Å². The topological polar surface area (TPSA) is 105 Å². The minimum Gasteiger partial charge on any atom is -0.480 e. The van der Waals surface area contributed by atoms with Crippen molar-refractivity contribution in [2.24, 2.45) is 11.3 Å². The van der Waals surface area contributed by atoms with Gasteiger partial charge in [-0.25, -0.2) is 9.78 Å². The Hall–Kier alpha value is -3.23. The number of aryl methyl sites for hydroxylation is 1. The highest BCUT2D eigenvalue weighted by molar-refractivity contribution is 5.88. The van der Waals surface area contributed by atoms with Crippen LogP contribution in [0.2, 0.25) is 0 Å². The Morgan fingerprint density at radius 2 is 1.87 bits per heavy atom. The molecule has 2 fully saturated rings. The molecule has 3 heterocycles. The predicted octanol–water partition coefficient (Wildman–Crippen LogP) is 5.02. The van der Waals surface area contributed by atoms with Gasteiger partial charge in [0, 0.05) is 12.5 Å². The monoisotopic (exact) mass is 519 g/mol. The van der Waals surface area contributed by atoms with Gasteiger partial charge in [-0.3, -0.25) is 4.79 Å². The number of aliphatic carboxylic acids is 1. The van der Waals surface area contributed by atoms with Crippen molar-refractivity contribution >= 4 is 22.9 Å². The maximum Gasteiger partial charge on any atom is 0.326 e. The summed E-state index contributed by atoms with van der Waals surface area (Å²) in [5, 5.41) is 10.6. The molecule has 2 saturated heterocycles. The van der Waals surface area contributed by atoms with Crippen LogP contribution in [0.25, 0.3) is 11.0 Å². The number of nitrogens with zero attached hydrogens (tertiary/aromatic N) is 2. The summed E-state index contributed by atoms with van der Waals surface area (Å²) in [6.45, 7) is 8.72. The summed E-state index contributed by atoms with van der Waals surface area (Å²) in [4.78, 5) is 36.6. The van der Waals surface area contributed by atoms with E-state index in [1.54, 1.807) is 4.90 Å². The Morgan fingerprint density at radius 1 is 1.13 bits per heavy atom. The molecule has 0 unspecified atom stereocenters. The molecule has 1 amide bonds. The van der Waals surface area contributed by atoms with Gasteiger partial charge in [0.15, 0.2) is 0 Å². The number of hydrogen-bond acceptors (Lipinski definition) is 5. The molecule has 202 valence electrons. The van der Waals surface area contributed by atoms with Crippen molar-refractivity contribution in [3.05, 3.63) is 65.5 Å². The van der Waals surface area contributed by atoms with E-state index in [1.807, 2.05) is 76.2 Å². The number of carboxylic acid groups (broad SMARTS) is 1. The summed E-state index contributed by atoms with van der Waals surface area (Å²) >= 11 is 0. The number of carboxylic acids is 1. The molecule has 0 radical (unpaired) electrons. The standard InChI is InChI=1S/C30H37N3O5/c1-18-11-5-6-12-19(18)25-27(38-17-23-31-20-13-7-8-14-21(20)32-23)24(30(2,3)4)26(29(35)36)33(25)28(34)22-15-9-10-16-37-22/h5-8,11-14,22,24-27H,9-10,15-17H2,1-4H3,(H,31,32)(H,35,36)/t22-,24+,25-,26-,27-/m0/s1. The normalized spacial score (nSPS) is 26.1. The zero-order chi connectivity index (χ0) is 27.0. The number of rotatable bonds is 6. The first kappa shape index (κ1) is 26.4. The molecular weight excluding hydrogens is 482 g/mol. The molecule has 0 saturated carbocycles. The Labute approximate surface area is 223 Å². The number of hydrogen-bond donors (Lipinski definition) is 2. The van der Waals surface area contributed by atoms with E-state index in [0.717, 1.165) is 35.0 Å². The number of carbonyl (C=O) groups is 2. The third kappa shape index (κ3) is 4.95. The van der Waals surface area contributed by atoms with Crippen molar-refractivity contribution in [2.45, 2.75) is 77.9 Å². The van der Waals surface area contributed by atoms with Crippen LogP contribution in [0.4, 0.5) is 0 Å². The lowest BCUT2D eigenvalue weighted by molar-refractivity contribution is -0.159. The van der Waals surface area contributed by atoms with Gasteiger partial charge < -0.3 is 24.5 Å². The molecule has 0 bridgehead atoms. The minimum atomic E-state index is -1.06. The first-order valence-corrected chi connectivity index (χ1v) is 13.4. The van der Waals surface area contributed by atoms with Gasteiger partial charge >= 0.3 is 5.97 Å². The Kier molecular flexibility index (Phi) is 7.29. The zero-order valence-corrected chi connectivity index (χ0v) is 22.5. The molecule has 1 aromatic heterocycles. The van der Waals surface area contributed by atoms with Gasteiger partial charge in [0.2, 0.25) is 0 Å². The van der Waals surface area contributed by atoms with Crippen LogP contribution in [0, 0.1) is 18.3 Å². The van der Waals surface area contributed by atoms with E-state index >= 15 is 0 Å². The molecule has 0 spiro atoms.